The fourth-order valence-corrected chi connectivity index (χ4v) is 4.32. The molecule has 0 radical (unpaired) electrons. The number of sulfonamides is 1. The Morgan fingerprint density at radius 3 is 2.52 bits per heavy atom. The van der Waals surface area contributed by atoms with Crippen LogP contribution in [0.4, 0.5) is 0 Å². The van der Waals surface area contributed by atoms with Crippen LogP contribution in [0.25, 0.3) is 0 Å². The minimum atomic E-state index is -3.64. The third kappa shape index (κ3) is 5.08. The first-order chi connectivity index (χ1) is 13.0. The summed E-state index contributed by atoms with van der Waals surface area (Å²) in [6.45, 7) is 4.69. The van der Waals surface area contributed by atoms with E-state index in [-0.39, 0.29) is 17.3 Å². The second kappa shape index (κ2) is 8.85. The van der Waals surface area contributed by atoms with E-state index in [4.69, 9.17) is 11.2 Å². The van der Waals surface area contributed by atoms with Crippen molar-refractivity contribution in [3.05, 3.63) is 29.8 Å². The van der Waals surface area contributed by atoms with Crippen LogP contribution in [-0.2, 0) is 14.8 Å². The molecule has 2 aliphatic rings. The van der Waals surface area contributed by atoms with Crippen LogP contribution < -0.4 is 4.72 Å². The zero-order chi connectivity index (χ0) is 19.3. The standard InChI is InChI=1S/C19H25N3O4S/c1-2-9-20-27(24,25)18-7-5-16(6-8-18)19(23)22-12-10-21(11-13-22)15-17-4-3-14-26-17/h1,5-8,17,20H,3-4,9-15H2. The van der Waals surface area contributed by atoms with Crippen LogP contribution in [0.1, 0.15) is 23.2 Å². The summed E-state index contributed by atoms with van der Waals surface area (Å²) in [5.74, 6) is 2.15. The third-order valence-corrected chi connectivity index (χ3v) is 6.34. The molecule has 1 amide bonds. The number of carbonyl (C=O) groups is 1. The van der Waals surface area contributed by atoms with E-state index in [1.807, 2.05) is 4.90 Å². The fourth-order valence-electron chi connectivity index (χ4n) is 3.39. The summed E-state index contributed by atoms with van der Waals surface area (Å²) in [7, 11) is -3.64. The minimum Gasteiger partial charge on any atom is -0.377 e. The SMILES string of the molecule is C#CCNS(=O)(=O)c1ccc(C(=O)N2CCN(CC3CCCO3)CC2)cc1. The number of amides is 1. The van der Waals surface area contributed by atoms with Crippen LogP contribution in [0.15, 0.2) is 29.2 Å². The lowest BCUT2D eigenvalue weighted by Gasteiger charge is -2.35. The predicted molar refractivity (Wildman–Crippen MR) is 102 cm³/mol. The number of rotatable bonds is 6. The molecule has 0 spiro atoms. The molecular formula is C19H25N3O4S. The normalized spacial score (nSPS) is 21.1. The van der Waals surface area contributed by atoms with Crippen LogP contribution in [0.5, 0.6) is 0 Å². The Labute approximate surface area is 160 Å². The summed E-state index contributed by atoms with van der Waals surface area (Å²) < 4.78 is 32.0. The highest BCUT2D eigenvalue weighted by molar-refractivity contribution is 7.89. The topological polar surface area (TPSA) is 79.0 Å². The quantitative estimate of drug-likeness (QED) is 0.716. The molecule has 1 N–H and O–H groups in total. The Morgan fingerprint density at radius 2 is 1.93 bits per heavy atom. The molecule has 27 heavy (non-hydrogen) atoms. The molecule has 2 saturated heterocycles. The Morgan fingerprint density at radius 1 is 1.22 bits per heavy atom. The fraction of sp³-hybridized carbons (Fsp3) is 0.526. The van der Waals surface area contributed by atoms with Gasteiger partial charge in [0.2, 0.25) is 10.0 Å². The molecule has 1 atom stereocenters. The number of piperazine rings is 1. The van der Waals surface area contributed by atoms with Crippen LogP contribution >= 0.6 is 0 Å². The van der Waals surface area contributed by atoms with Gasteiger partial charge in [-0.3, -0.25) is 9.69 Å². The number of hydrogen-bond acceptors (Lipinski definition) is 5. The highest BCUT2D eigenvalue weighted by Gasteiger charge is 2.25. The molecule has 0 bridgehead atoms. The smallest absolute Gasteiger partial charge is 0.253 e. The Kier molecular flexibility index (Phi) is 6.50. The molecule has 1 aromatic rings. The van der Waals surface area contributed by atoms with Gasteiger partial charge in [0.1, 0.15) is 0 Å². The van der Waals surface area contributed by atoms with Crippen molar-refractivity contribution in [1.82, 2.24) is 14.5 Å². The minimum absolute atomic E-state index is 0.0702. The van der Waals surface area contributed by atoms with Crippen molar-refractivity contribution in [1.29, 1.82) is 0 Å². The lowest BCUT2D eigenvalue weighted by molar-refractivity contribution is 0.0432. The summed E-state index contributed by atoms with van der Waals surface area (Å²) in [5, 5.41) is 0. The second-order valence-corrected chi connectivity index (χ2v) is 8.55. The van der Waals surface area contributed by atoms with Crippen LogP contribution in [0.3, 0.4) is 0 Å². The first-order valence-electron chi connectivity index (χ1n) is 9.16. The Balaban J connectivity index is 1.54. The molecule has 0 aliphatic carbocycles. The molecule has 0 saturated carbocycles. The van der Waals surface area contributed by atoms with Crippen molar-refractivity contribution in [3.63, 3.8) is 0 Å². The van der Waals surface area contributed by atoms with Crippen molar-refractivity contribution >= 4 is 15.9 Å². The van der Waals surface area contributed by atoms with E-state index >= 15 is 0 Å². The average Bonchev–Trinajstić information content (AvgIpc) is 3.20. The lowest BCUT2D eigenvalue weighted by Crippen LogP contribution is -2.50. The van der Waals surface area contributed by atoms with Crippen molar-refractivity contribution < 1.29 is 17.9 Å². The largest absolute Gasteiger partial charge is 0.377 e. The first-order valence-corrected chi connectivity index (χ1v) is 10.6. The zero-order valence-corrected chi connectivity index (χ0v) is 16.1. The van der Waals surface area contributed by atoms with Gasteiger partial charge >= 0.3 is 0 Å². The van der Waals surface area contributed by atoms with Gasteiger partial charge in [0.25, 0.3) is 5.91 Å². The number of terminal acetylenes is 1. The van der Waals surface area contributed by atoms with Gasteiger partial charge in [0.05, 0.1) is 17.5 Å². The van der Waals surface area contributed by atoms with Gasteiger partial charge in [-0.25, -0.2) is 8.42 Å². The number of benzene rings is 1. The molecule has 0 aromatic heterocycles. The summed E-state index contributed by atoms with van der Waals surface area (Å²) in [5.41, 5.74) is 0.485. The average molecular weight is 391 g/mol. The van der Waals surface area contributed by atoms with Crippen molar-refractivity contribution in [2.24, 2.45) is 0 Å². The third-order valence-electron chi connectivity index (χ3n) is 4.92. The molecule has 7 nitrogen and oxygen atoms in total. The molecule has 2 heterocycles. The highest BCUT2D eigenvalue weighted by Crippen LogP contribution is 2.16. The number of nitrogens with one attached hydrogen (secondary N) is 1. The monoisotopic (exact) mass is 391 g/mol. The van der Waals surface area contributed by atoms with E-state index in [1.54, 1.807) is 12.1 Å². The Hall–Kier alpha value is -1.92. The Bertz CT molecular complexity index is 787. The van der Waals surface area contributed by atoms with Crippen LogP contribution in [0.2, 0.25) is 0 Å². The van der Waals surface area contributed by atoms with Crippen LogP contribution in [0, 0.1) is 12.3 Å². The van der Waals surface area contributed by atoms with Gasteiger partial charge in [-0.15, -0.1) is 6.42 Å². The maximum Gasteiger partial charge on any atom is 0.253 e. The highest BCUT2D eigenvalue weighted by atomic mass is 32.2. The molecule has 1 aromatic carbocycles. The molecule has 3 rings (SSSR count). The summed E-state index contributed by atoms with van der Waals surface area (Å²) in [4.78, 5) is 16.9. The maximum atomic E-state index is 12.7. The molecule has 2 fully saturated rings. The van der Waals surface area contributed by atoms with E-state index < -0.39 is 10.0 Å². The van der Waals surface area contributed by atoms with Crippen molar-refractivity contribution in [2.75, 3.05) is 45.9 Å². The van der Waals surface area contributed by atoms with Gasteiger partial charge in [-0.1, -0.05) is 5.92 Å². The number of nitrogens with zero attached hydrogens (tertiary/aromatic N) is 2. The second-order valence-electron chi connectivity index (χ2n) is 6.78. The lowest BCUT2D eigenvalue weighted by atomic mass is 10.1. The van der Waals surface area contributed by atoms with Gasteiger partial charge in [0, 0.05) is 44.9 Å². The van der Waals surface area contributed by atoms with E-state index in [0.717, 1.165) is 39.1 Å². The summed E-state index contributed by atoms with van der Waals surface area (Å²) >= 11 is 0. The number of carbonyl (C=O) groups excluding carboxylic acids is 1. The van der Waals surface area contributed by atoms with E-state index in [2.05, 4.69) is 15.5 Å². The van der Waals surface area contributed by atoms with Crippen LogP contribution in [-0.4, -0.2) is 76.1 Å². The van der Waals surface area contributed by atoms with E-state index in [1.165, 1.54) is 12.1 Å². The van der Waals surface area contributed by atoms with Gasteiger partial charge in [-0.05, 0) is 37.1 Å². The number of hydrogen-bond donors (Lipinski definition) is 1. The number of ether oxygens (including phenoxy) is 1. The molecular weight excluding hydrogens is 366 g/mol. The first kappa shape index (κ1) is 19.8. The molecule has 1 unspecified atom stereocenters. The van der Waals surface area contributed by atoms with E-state index in [9.17, 15) is 13.2 Å². The zero-order valence-electron chi connectivity index (χ0n) is 15.3. The van der Waals surface area contributed by atoms with Crippen molar-refractivity contribution in [3.8, 4) is 12.3 Å². The van der Waals surface area contributed by atoms with Gasteiger partial charge < -0.3 is 9.64 Å². The summed E-state index contributed by atoms with van der Waals surface area (Å²) in [6.07, 6.45) is 7.65. The maximum absolute atomic E-state index is 12.7. The van der Waals surface area contributed by atoms with Gasteiger partial charge in [-0.2, -0.15) is 4.72 Å². The van der Waals surface area contributed by atoms with Crippen molar-refractivity contribution in [2.45, 2.75) is 23.8 Å². The molecule has 8 heteroatoms. The van der Waals surface area contributed by atoms with Gasteiger partial charge in [0.15, 0.2) is 0 Å². The molecule has 146 valence electrons. The predicted octanol–water partition coefficient (Wildman–Crippen LogP) is 0.535. The summed E-state index contributed by atoms with van der Waals surface area (Å²) in [6, 6.07) is 5.95. The van der Waals surface area contributed by atoms with E-state index in [0.29, 0.717) is 24.8 Å². The molecule has 2 aliphatic heterocycles.